The molecule has 0 bridgehead atoms. The fourth-order valence-corrected chi connectivity index (χ4v) is 3.59. The molecule has 0 radical (unpaired) electrons. The minimum absolute atomic E-state index is 0.114. The van der Waals surface area contributed by atoms with Gasteiger partial charge in [0.05, 0.1) is 11.9 Å². The van der Waals surface area contributed by atoms with Crippen LogP contribution in [0.5, 0.6) is 11.6 Å². The molecule has 146 valence electrons. The Kier molecular flexibility index (Phi) is 4.92. The van der Waals surface area contributed by atoms with Crippen LogP contribution in [-0.2, 0) is 17.1 Å². The van der Waals surface area contributed by atoms with Gasteiger partial charge in [-0.05, 0) is 12.1 Å². The van der Waals surface area contributed by atoms with E-state index in [0.29, 0.717) is 11.4 Å². The predicted octanol–water partition coefficient (Wildman–Crippen LogP) is 2.87. The van der Waals surface area contributed by atoms with Gasteiger partial charge in [-0.15, -0.1) is 5.10 Å². The first kappa shape index (κ1) is 18.6. The van der Waals surface area contributed by atoms with E-state index in [-0.39, 0.29) is 16.9 Å². The number of nitrogens with one attached hydrogen (secondary N) is 1. The summed E-state index contributed by atoms with van der Waals surface area (Å²) in [6.07, 6.45) is 1.14. The highest BCUT2D eigenvalue weighted by Crippen LogP contribution is 2.26. The van der Waals surface area contributed by atoms with Crippen molar-refractivity contribution in [3.05, 3.63) is 72.9 Å². The lowest BCUT2D eigenvalue weighted by Crippen LogP contribution is -2.18. The Morgan fingerprint density at radius 2 is 1.66 bits per heavy atom. The minimum Gasteiger partial charge on any atom is -0.439 e. The van der Waals surface area contributed by atoms with Gasteiger partial charge in [0.2, 0.25) is 11.8 Å². The third-order valence-electron chi connectivity index (χ3n) is 3.91. The lowest BCUT2D eigenvalue weighted by molar-refractivity contribution is 0.463. The van der Waals surface area contributed by atoms with Gasteiger partial charge in [0.1, 0.15) is 5.75 Å². The first-order valence-electron chi connectivity index (χ1n) is 8.56. The molecule has 0 saturated carbocycles. The van der Waals surface area contributed by atoms with E-state index in [9.17, 15) is 8.42 Å². The molecule has 4 aromatic rings. The van der Waals surface area contributed by atoms with Crippen molar-refractivity contribution >= 4 is 16.0 Å². The summed E-state index contributed by atoms with van der Waals surface area (Å²) in [5.74, 6) is 0.638. The summed E-state index contributed by atoms with van der Waals surface area (Å²) < 4.78 is 34.6. The summed E-state index contributed by atoms with van der Waals surface area (Å²) in [5, 5.41) is 7.13. The Morgan fingerprint density at radius 1 is 0.966 bits per heavy atom. The number of rotatable bonds is 6. The number of aryl methyl sites for hydroxylation is 1. The second kappa shape index (κ2) is 7.68. The van der Waals surface area contributed by atoms with Gasteiger partial charge in [0.25, 0.3) is 10.0 Å². The zero-order valence-electron chi connectivity index (χ0n) is 15.3. The van der Waals surface area contributed by atoms with E-state index in [1.54, 1.807) is 18.2 Å². The molecule has 0 fully saturated rings. The van der Waals surface area contributed by atoms with E-state index < -0.39 is 10.0 Å². The Morgan fingerprint density at radius 3 is 2.31 bits per heavy atom. The molecular weight excluding hydrogens is 392 g/mol. The van der Waals surface area contributed by atoms with Gasteiger partial charge in [-0.25, -0.2) is 14.4 Å². The van der Waals surface area contributed by atoms with Gasteiger partial charge >= 0.3 is 0 Å². The molecule has 0 aliphatic heterocycles. The number of benzene rings is 2. The minimum atomic E-state index is -3.98. The van der Waals surface area contributed by atoms with Crippen LogP contribution in [0.15, 0.2) is 78.0 Å². The molecule has 0 aliphatic rings. The molecule has 0 aliphatic carbocycles. The summed E-state index contributed by atoms with van der Waals surface area (Å²) in [6, 6.07) is 20.0. The van der Waals surface area contributed by atoms with Gasteiger partial charge < -0.3 is 4.74 Å². The molecule has 2 aromatic carbocycles. The van der Waals surface area contributed by atoms with Crippen LogP contribution in [-0.4, -0.2) is 33.4 Å². The topological polar surface area (TPSA) is 112 Å². The molecule has 2 heterocycles. The van der Waals surface area contributed by atoms with E-state index in [1.165, 1.54) is 7.05 Å². The maximum absolute atomic E-state index is 12.7. The Balaban J connectivity index is 1.74. The number of anilines is 1. The monoisotopic (exact) mass is 408 g/mol. The Hall–Kier alpha value is -3.79. The van der Waals surface area contributed by atoms with Crippen LogP contribution < -0.4 is 9.46 Å². The van der Waals surface area contributed by atoms with Crippen LogP contribution in [0.4, 0.5) is 5.95 Å². The molecule has 0 unspecified atom stereocenters. The largest absolute Gasteiger partial charge is 0.439 e. The van der Waals surface area contributed by atoms with Gasteiger partial charge in [0.15, 0.2) is 5.03 Å². The average molecular weight is 408 g/mol. The van der Waals surface area contributed by atoms with Crippen LogP contribution in [0, 0.1) is 0 Å². The van der Waals surface area contributed by atoms with Gasteiger partial charge in [-0.1, -0.05) is 53.7 Å². The second-order valence-electron chi connectivity index (χ2n) is 6.00. The van der Waals surface area contributed by atoms with Crippen molar-refractivity contribution in [3.8, 4) is 22.9 Å². The number of ether oxygens (including phenoxy) is 1. The Bertz CT molecular complexity index is 1230. The van der Waals surface area contributed by atoms with Gasteiger partial charge in [-0.2, -0.15) is 13.4 Å². The standard InChI is InChI=1S/C19H16N6O3S/c1-25-18(13-20-24-25)29(26,27)23-19-21-16(14-8-4-2-5-9-14)12-17(22-19)28-15-10-6-3-7-11-15/h2-13H,1H3,(H,21,22,23). The van der Waals surface area contributed by atoms with Crippen LogP contribution in [0.2, 0.25) is 0 Å². The fourth-order valence-electron chi connectivity index (χ4n) is 2.59. The number of aromatic nitrogens is 5. The molecule has 10 heteroatoms. The second-order valence-corrected chi connectivity index (χ2v) is 7.63. The third kappa shape index (κ3) is 4.22. The molecule has 0 saturated heterocycles. The SMILES string of the molecule is Cn1nncc1S(=O)(=O)Nc1nc(Oc2ccccc2)cc(-c2ccccc2)n1. The molecule has 9 nitrogen and oxygen atoms in total. The molecule has 0 spiro atoms. The first-order valence-corrected chi connectivity index (χ1v) is 10.0. The van der Waals surface area contributed by atoms with E-state index in [0.717, 1.165) is 16.4 Å². The lowest BCUT2D eigenvalue weighted by Gasteiger charge is -2.11. The molecule has 1 N–H and O–H groups in total. The molecule has 4 rings (SSSR count). The molecule has 2 aromatic heterocycles. The normalized spacial score (nSPS) is 11.2. The quantitative estimate of drug-likeness (QED) is 0.522. The summed E-state index contributed by atoms with van der Waals surface area (Å²) in [7, 11) is -2.50. The summed E-state index contributed by atoms with van der Waals surface area (Å²) in [4.78, 5) is 8.54. The van der Waals surface area contributed by atoms with Crippen LogP contribution in [0.1, 0.15) is 0 Å². The van der Waals surface area contributed by atoms with Crippen molar-refractivity contribution in [2.24, 2.45) is 7.05 Å². The van der Waals surface area contributed by atoms with E-state index in [4.69, 9.17) is 4.74 Å². The van der Waals surface area contributed by atoms with Gasteiger partial charge in [0, 0.05) is 18.7 Å². The van der Waals surface area contributed by atoms with Crippen molar-refractivity contribution in [1.29, 1.82) is 0 Å². The number of sulfonamides is 1. The van der Waals surface area contributed by atoms with Crippen LogP contribution in [0.25, 0.3) is 11.3 Å². The molecule has 0 amide bonds. The predicted molar refractivity (Wildman–Crippen MR) is 106 cm³/mol. The highest BCUT2D eigenvalue weighted by atomic mass is 32.2. The molecule has 0 atom stereocenters. The highest BCUT2D eigenvalue weighted by molar-refractivity contribution is 7.92. The van der Waals surface area contributed by atoms with E-state index >= 15 is 0 Å². The number of nitrogens with zero attached hydrogens (tertiary/aromatic N) is 5. The summed E-state index contributed by atoms with van der Waals surface area (Å²) in [6.45, 7) is 0. The average Bonchev–Trinajstić information content (AvgIpc) is 3.16. The fraction of sp³-hybridized carbons (Fsp3) is 0.0526. The zero-order valence-corrected chi connectivity index (χ0v) is 16.1. The highest BCUT2D eigenvalue weighted by Gasteiger charge is 2.21. The first-order chi connectivity index (χ1) is 14.0. The number of hydrogen-bond donors (Lipinski definition) is 1. The van der Waals surface area contributed by atoms with E-state index in [2.05, 4.69) is 25.0 Å². The zero-order chi connectivity index (χ0) is 20.3. The van der Waals surface area contributed by atoms with Crippen molar-refractivity contribution in [2.75, 3.05) is 4.72 Å². The maximum Gasteiger partial charge on any atom is 0.283 e. The van der Waals surface area contributed by atoms with Crippen molar-refractivity contribution in [3.63, 3.8) is 0 Å². The third-order valence-corrected chi connectivity index (χ3v) is 5.28. The van der Waals surface area contributed by atoms with Crippen LogP contribution >= 0.6 is 0 Å². The smallest absolute Gasteiger partial charge is 0.283 e. The number of hydrogen-bond acceptors (Lipinski definition) is 7. The lowest BCUT2D eigenvalue weighted by atomic mass is 10.1. The summed E-state index contributed by atoms with van der Waals surface area (Å²) in [5.41, 5.74) is 1.29. The Labute approximate surface area is 167 Å². The van der Waals surface area contributed by atoms with Gasteiger partial charge in [-0.3, -0.25) is 0 Å². The summed E-state index contributed by atoms with van der Waals surface area (Å²) >= 11 is 0. The maximum atomic E-state index is 12.7. The van der Waals surface area contributed by atoms with E-state index in [1.807, 2.05) is 48.5 Å². The number of para-hydroxylation sites is 1. The van der Waals surface area contributed by atoms with Crippen molar-refractivity contribution in [2.45, 2.75) is 5.03 Å². The molecular formula is C19H16N6O3S. The molecule has 29 heavy (non-hydrogen) atoms. The van der Waals surface area contributed by atoms with Crippen molar-refractivity contribution < 1.29 is 13.2 Å². The van der Waals surface area contributed by atoms with Crippen LogP contribution in [0.3, 0.4) is 0 Å². The van der Waals surface area contributed by atoms with Crippen molar-refractivity contribution in [1.82, 2.24) is 25.0 Å².